The van der Waals surface area contributed by atoms with Gasteiger partial charge in [-0.3, -0.25) is 4.79 Å². The molecule has 3 fully saturated rings. The lowest BCUT2D eigenvalue weighted by Crippen LogP contribution is -2.61. The van der Waals surface area contributed by atoms with E-state index >= 15 is 0 Å². The molecule has 10 atom stereocenters. The van der Waals surface area contributed by atoms with Crippen molar-refractivity contribution in [3.8, 4) is 0 Å². The molecule has 1 N–H and O–H groups in total. The number of aliphatic hydroxyl groups excluding tert-OH is 1. The third kappa shape index (κ3) is 4.16. The third-order valence-electron chi connectivity index (χ3n) is 5.67. The van der Waals surface area contributed by atoms with E-state index in [1.165, 1.54) is 6.92 Å². The van der Waals surface area contributed by atoms with Crippen LogP contribution in [0.5, 0.6) is 0 Å². The minimum atomic E-state index is -0.974. The van der Waals surface area contributed by atoms with Gasteiger partial charge in [-0.25, -0.2) is 0 Å². The topological polar surface area (TPSA) is 92.7 Å². The van der Waals surface area contributed by atoms with Crippen LogP contribution in [0, 0.1) is 5.92 Å². The highest BCUT2D eigenvalue weighted by Crippen LogP contribution is 2.41. The first-order valence-electron chi connectivity index (χ1n) is 9.67. The highest BCUT2D eigenvalue weighted by Gasteiger charge is 2.55. The van der Waals surface area contributed by atoms with Crippen LogP contribution in [0.2, 0.25) is 0 Å². The first kappa shape index (κ1) is 21.0. The van der Waals surface area contributed by atoms with Gasteiger partial charge in [-0.2, -0.15) is 0 Å². The first-order chi connectivity index (χ1) is 12.5. The monoisotopic (exact) mass is 388 g/mol. The van der Waals surface area contributed by atoms with Crippen LogP contribution in [0.15, 0.2) is 0 Å². The van der Waals surface area contributed by atoms with Crippen LogP contribution in [0.1, 0.15) is 48.5 Å². The molecule has 3 rings (SSSR count). The summed E-state index contributed by atoms with van der Waals surface area (Å²) in [6, 6.07) is 0. The smallest absolute Gasteiger partial charge is 0.303 e. The molecule has 0 saturated carbocycles. The van der Waals surface area contributed by atoms with Crippen molar-refractivity contribution >= 4 is 5.97 Å². The van der Waals surface area contributed by atoms with E-state index in [1.54, 1.807) is 13.8 Å². The number of hydrogen-bond donors (Lipinski definition) is 1. The van der Waals surface area contributed by atoms with E-state index in [-0.39, 0.29) is 18.1 Å². The van der Waals surface area contributed by atoms with Crippen LogP contribution < -0.4 is 0 Å². The van der Waals surface area contributed by atoms with Gasteiger partial charge in [-0.1, -0.05) is 6.92 Å². The molecular weight excluding hydrogens is 356 g/mol. The standard InChI is InChI=1S/C19H32O8/c1-8-9(2)23-18(17-14(8)26-19(6,7)27-17)25-16-13(21)10(3)22-11(4)15(16)24-12(5)20/h8-11,13-18,21H,1-7H3/t8-,9?,10-,11?,13?,14-,15-,16-,17?,18-/m0/s1. The van der Waals surface area contributed by atoms with Gasteiger partial charge in [0.25, 0.3) is 0 Å². The zero-order valence-corrected chi connectivity index (χ0v) is 17.1. The maximum absolute atomic E-state index is 11.6. The Morgan fingerprint density at radius 1 is 0.926 bits per heavy atom. The summed E-state index contributed by atoms with van der Waals surface area (Å²) in [5.74, 6) is -1.09. The minimum Gasteiger partial charge on any atom is -0.457 e. The molecule has 156 valence electrons. The van der Waals surface area contributed by atoms with Gasteiger partial charge in [0.05, 0.1) is 24.4 Å². The molecule has 0 aromatic carbocycles. The van der Waals surface area contributed by atoms with E-state index in [9.17, 15) is 9.90 Å². The summed E-state index contributed by atoms with van der Waals surface area (Å²) in [4.78, 5) is 11.6. The highest BCUT2D eigenvalue weighted by molar-refractivity contribution is 5.66. The van der Waals surface area contributed by atoms with Gasteiger partial charge >= 0.3 is 5.97 Å². The third-order valence-corrected chi connectivity index (χ3v) is 5.67. The molecule has 3 heterocycles. The Morgan fingerprint density at radius 3 is 2.19 bits per heavy atom. The predicted molar refractivity (Wildman–Crippen MR) is 93.8 cm³/mol. The molecule has 3 aliphatic rings. The number of rotatable bonds is 3. The number of aliphatic hydroxyl groups is 1. The summed E-state index contributed by atoms with van der Waals surface area (Å²) in [5, 5.41) is 10.7. The van der Waals surface area contributed by atoms with E-state index in [1.807, 2.05) is 20.8 Å². The zero-order chi connectivity index (χ0) is 20.1. The van der Waals surface area contributed by atoms with Crippen LogP contribution in [0.25, 0.3) is 0 Å². The number of ether oxygens (including phenoxy) is 6. The van der Waals surface area contributed by atoms with Gasteiger partial charge in [0.1, 0.15) is 18.3 Å². The summed E-state index contributed by atoms with van der Waals surface area (Å²) >= 11 is 0. The SMILES string of the molecule is CC(=O)O[C@H]1C(C)O[C@@H](C)C(O)[C@@H]1O[C@@H]1OC(C)[C@H](C)[C@@H]2OC(C)(C)OC12. The Labute approximate surface area is 160 Å². The molecule has 0 radical (unpaired) electrons. The Hall–Kier alpha value is -0.770. The maximum Gasteiger partial charge on any atom is 0.303 e. The summed E-state index contributed by atoms with van der Waals surface area (Å²) in [5.41, 5.74) is 0. The zero-order valence-electron chi connectivity index (χ0n) is 17.1. The molecule has 4 unspecified atom stereocenters. The summed E-state index contributed by atoms with van der Waals surface area (Å²) < 4.78 is 35.4. The molecule has 27 heavy (non-hydrogen) atoms. The first-order valence-corrected chi connectivity index (χ1v) is 9.67. The second kappa shape index (κ2) is 7.57. The lowest BCUT2D eigenvalue weighted by Gasteiger charge is -2.46. The molecule has 0 aromatic rings. The van der Waals surface area contributed by atoms with E-state index in [4.69, 9.17) is 28.4 Å². The number of esters is 1. The molecule has 0 bridgehead atoms. The maximum atomic E-state index is 11.6. The summed E-state index contributed by atoms with van der Waals surface area (Å²) in [6.45, 7) is 12.6. The molecule has 0 aromatic heterocycles. The normalized spacial score (nSPS) is 49.5. The molecule has 0 aliphatic carbocycles. The minimum absolute atomic E-state index is 0.118. The van der Waals surface area contributed by atoms with Gasteiger partial charge in [0, 0.05) is 12.8 Å². The largest absolute Gasteiger partial charge is 0.457 e. The van der Waals surface area contributed by atoms with E-state index in [2.05, 4.69) is 6.92 Å². The number of fused-ring (bicyclic) bond motifs is 1. The van der Waals surface area contributed by atoms with E-state index in [0.717, 1.165) is 0 Å². The van der Waals surface area contributed by atoms with Crippen LogP contribution in [0.3, 0.4) is 0 Å². The molecule has 8 heteroatoms. The van der Waals surface area contributed by atoms with Crippen LogP contribution >= 0.6 is 0 Å². The van der Waals surface area contributed by atoms with E-state index < -0.39 is 54.7 Å². The van der Waals surface area contributed by atoms with E-state index in [0.29, 0.717) is 0 Å². The fraction of sp³-hybridized carbons (Fsp3) is 0.947. The average Bonchev–Trinajstić information content (AvgIpc) is 2.89. The second-order valence-electron chi connectivity index (χ2n) is 8.35. The Morgan fingerprint density at radius 2 is 1.56 bits per heavy atom. The highest BCUT2D eigenvalue weighted by atomic mass is 16.8. The van der Waals surface area contributed by atoms with Crippen LogP contribution in [-0.2, 0) is 33.2 Å². The van der Waals surface area contributed by atoms with Crippen LogP contribution in [0.4, 0.5) is 0 Å². The van der Waals surface area contributed by atoms with Crippen molar-refractivity contribution in [1.29, 1.82) is 0 Å². The number of carbonyl (C=O) groups is 1. The fourth-order valence-corrected chi connectivity index (χ4v) is 4.12. The Bertz CT molecular complexity index is 552. The number of hydrogen-bond acceptors (Lipinski definition) is 8. The van der Waals surface area contributed by atoms with Gasteiger partial charge < -0.3 is 33.5 Å². The molecule has 3 aliphatic heterocycles. The number of carbonyl (C=O) groups excluding carboxylic acids is 1. The molecule has 0 spiro atoms. The second-order valence-corrected chi connectivity index (χ2v) is 8.35. The van der Waals surface area contributed by atoms with Crippen LogP contribution in [-0.4, -0.2) is 72.0 Å². The van der Waals surface area contributed by atoms with Crippen molar-refractivity contribution in [3.63, 3.8) is 0 Å². The van der Waals surface area contributed by atoms with Gasteiger partial charge in [0.15, 0.2) is 18.2 Å². The molecule has 0 amide bonds. The Kier molecular flexibility index (Phi) is 5.88. The van der Waals surface area contributed by atoms with Crippen molar-refractivity contribution in [3.05, 3.63) is 0 Å². The molecule has 3 saturated heterocycles. The van der Waals surface area contributed by atoms with Crippen molar-refractivity contribution < 1.29 is 38.3 Å². The van der Waals surface area contributed by atoms with Gasteiger partial charge in [-0.15, -0.1) is 0 Å². The molecule has 8 nitrogen and oxygen atoms in total. The quantitative estimate of drug-likeness (QED) is 0.725. The van der Waals surface area contributed by atoms with Crippen molar-refractivity contribution in [2.24, 2.45) is 5.92 Å². The van der Waals surface area contributed by atoms with Gasteiger partial charge in [0.2, 0.25) is 0 Å². The lowest BCUT2D eigenvalue weighted by molar-refractivity contribution is -0.318. The van der Waals surface area contributed by atoms with Gasteiger partial charge in [-0.05, 0) is 34.6 Å². The van der Waals surface area contributed by atoms with Crippen molar-refractivity contribution in [2.45, 2.75) is 109 Å². The molecular formula is C19H32O8. The summed E-state index contributed by atoms with van der Waals surface area (Å²) in [6.07, 6.45) is -4.91. The van der Waals surface area contributed by atoms with Crippen molar-refractivity contribution in [1.82, 2.24) is 0 Å². The van der Waals surface area contributed by atoms with Crippen molar-refractivity contribution in [2.75, 3.05) is 0 Å². The Balaban J connectivity index is 1.82. The lowest BCUT2D eigenvalue weighted by atomic mass is 9.91. The summed E-state index contributed by atoms with van der Waals surface area (Å²) in [7, 11) is 0. The average molecular weight is 388 g/mol. The fourth-order valence-electron chi connectivity index (χ4n) is 4.12. The predicted octanol–water partition coefficient (Wildman–Crippen LogP) is 1.37.